The van der Waals surface area contributed by atoms with Crippen molar-refractivity contribution in [2.75, 3.05) is 18.8 Å². The molecule has 2 aromatic rings. The Bertz CT molecular complexity index is 786. The SMILES string of the molecule is CCCS(=O)(=O)N1CCC(Cn2c(C)cnc2-c2cccnc2)C1. The molecular formula is C17H24N4O2S. The molecule has 7 heteroatoms. The predicted octanol–water partition coefficient (Wildman–Crippen LogP) is 2.32. The maximum atomic E-state index is 12.2. The smallest absolute Gasteiger partial charge is 0.214 e. The molecule has 3 heterocycles. The van der Waals surface area contributed by atoms with Gasteiger partial charge in [-0.3, -0.25) is 4.98 Å². The number of aromatic nitrogens is 3. The van der Waals surface area contributed by atoms with Gasteiger partial charge in [-0.25, -0.2) is 17.7 Å². The van der Waals surface area contributed by atoms with E-state index in [0.29, 0.717) is 25.4 Å². The zero-order chi connectivity index (χ0) is 17.2. The third kappa shape index (κ3) is 3.52. The number of rotatable bonds is 6. The normalized spacial score (nSPS) is 19.0. The lowest BCUT2D eigenvalue weighted by Gasteiger charge is -2.17. The molecule has 0 spiro atoms. The second-order valence-electron chi connectivity index (χ2n) is 6.40. The second kappa shape index (κ2) is 7.03. The summed E-state index contributed by atoms with van der Waals surface area (Å²) in [6.45, 7) is 5.96. The van der Waals surface area contributed by atoms with Crippen LogP contribution in [-0.2, 0) is 16.6 Å². The minimum atomic E-state index is -3.10. The maximum Gasteiger partial charge on any atom is 0.214 e. The fourth-order valence-electron chi connectivity index (χ4n) is 3.26. The topological polar surface area (TPSA) is 68.1 Å². The van der Waals surface area contributed by atoms with Gasteiger partial charge in [0.15, 0.2) is 0 Å². The summed E-state index contributed by atoms with van der Waals surface area (Å²) in [5.74, 6) is 1.46. The quantitative estimate of drug-likeness (QED) is 0.803. The summed E-state index contributed by atoms with van der Waals surface area (Å²) in [5, 5.41) is 0. The Balaban J connectivity index is 1.75. The van der Waals surface area contributed by atoms with Crippen molar-refractivity contribution in [2.24, 2.45) is 5.92 Å². The van der Waals surface area contributed by atoms with E-state index in [1.165, 1.54) is 0 Å². The van der Waals surface area contributed by atoms with Gasteiger partial charge in [0.05, 0.1) is 5.75 Å². The van der Waals surface area contributed by atoms with Crippen molar-refractivity contribution in [1.29, 1.82) is 0 Å². The molecule has 1 aliphatic heterocycles. The lowest BCUT2D eigenvalue weighted by atomic mass is 10.1. The van der Waals surface area contributed by atoms with Gasteiger partial charge in [0, 0.05) is 49.5 Å². The van der Waals surface area contributed by atoms with Crippen molar-refractivity contribution in [3.63, 3.8) is 0 Å². The Morgan fingerprint density at radius 1 is 1.33 bits per heavy atom. The average Bonchev–Trinajstić information content (AvgIpc) is 3.17. The Hall–Kier alpha value is -1.73. The second-order valence-corrected chi connectivity index (χ2v) is 8.49. The fourth-order valence-corrected chi connectivity index (χ4v) is 4.86. The van der Waals surface area contributed by atoms with Gasteiger partial charge in [0.2, 0.25) is 10.0 Å². The number of hydrogen-bond acceptors (Lipinski definition) is 4. The Morgan fingerprint density at radius 2 is 2.17 bits per heavy atom. The molecule has 24 heavy (non-hydrogen) atoms. The molecule has 0 radical (unpaired) electrons. The molecule has 2 aromatic heterocycles. The van der Waals surface area contributed by atoms with Gasteiger partial charge in [-0.1, -0.05) is 6.92 Å². The number of pyridine rings is 1. The standard InChI is InChI=1S/C17H24N4O2S/c1-3-9-24(22,23)20-8-6-15(12-20)13-21-14(2)10-19-17(21)16-5-4-7-18-11-16/h4-5,7,10-11,15H,3,6,8-9,12-13H2,1-2H3. The van der Waals surface area contributed by atoms with Crippen LogP contribution >= 0.6 is 0 Å². The Morgan fingerprint density at radius 3 is 2.88 bits per heavy atom. The van der Waals surface area contributed by atoms with Gasteiger partial charge < -0.3 is 4.57 Å². The summed E-state index contributed by atoms with van der Waals surface area (Å²) in [5.41, 5.74) is 2.07. The van der Waals surface area contributed by atoms with Gasteiger partial charge in [-0.05, 0) is 37.8 Å². The van der Waals surface area contributed by atoms with Crippen LogP contribution in [0, 0.1) is 12.8 Å². The molecule has 0 aliphatic carbocycles. The van der Waals surface area contributed by atoms with Gasteiger partial charge in [0.25, 0.3) is 0 Å². The van der Waals surface area contributed by atoms with Crippen LogP contribution in [0.1, 0.15) is 25.5 Å². The van der Waals surface area contributed by atoms with E-state index in [4.69, 9.17) is 0 Å². The Labute approximate surface area is 143 Å². The molecule has 0 saturated carbocycles. The first-order chi connectivity index (χ1) is 11.5. The van der Waals surface area contributed by atoms with Crippen LogP contribution in [-0.4, -0.2) is 46.1 Å². The zero-order valence-electron chi connectivity index (χ0n) is 14.2. The molecule has 0 bridgehead atoms. The van der Waals surface area contributed by atoms with Gasteiger partial charge in [0.1, 0.15) is 5.82 Å². The van der Waals surface area contributed by atoms with Crippen LogP contribution < -0.4 is 0 Å². The molecule has 1 fully saturated rings. The largest absolute Gasteiger partial charge is 0.328 e. The summed E-state index contributed by atoms with van der Waals surface area (Å²) in [4.78, 5) is 8.68. The highest BCUT2D eigenvalue weighted by Gasteiger charge is 2.31. The Kier molecular flexibility index (Phi) is 5.01. The highest BCUT2D eigenvalue weighted by atomic mass is 32.2. The van der Waals surface area contributed by atoms with Crippen molar-refractivity contribution in [3.05, 3.63) is 36.4 Å². The van der Waals surface area contributed by atoms with Crippen LogP contribution in [0.2, 0.25) is 0 Å². The summed E-state index contributed by atoms with van der Waals surface area (Å²) in [6, 6.07) is 3.90. The van der Waals surface area contributed by atoms with E-state index in [1.807, 2.05) is 38.4 Å². The van der Waals surface area contributed by atoms with E-state index in [1.54, 1.807) is 10.5 Å². The van der Waals surface area contributed by atoms with Gasteiger partial charge >= 0.3 is 0 Å². The first kappa shape index (κ1) is 17.1. The monoisotopic (exact) mass is 348 g/mol. The number of hydrogen-bond donors (Lipinski definition) is 0. The molecule has 1 aliphatic rings. The molecule has 3 rings (SSSR count). The lowest BCUT2D eigenvalue weighted by Crippen LogP contribution is -2.31. The zero-order valence-corrected chi connectivity index (χ0v) is 15.0. The van der Waals surface area contributed by atoms with E-state index >= 15 is 0 Å². The lowest BCUT2D eigenvalue weighted by molar-refractivity contribution is 0.428. The van der Waals surface area contributed by atoms with Crippen molar-refractivity contribution < 1.29 is 8.42 Å². The van der Waals surface area contributed by atoms with E-state index in [-0.39, 0.29) is 5.75 Å². The number of nitrogens with zero attached hydrogens (tertiary/aromatic N) is 4. The van der Waals surface area contributed by atoms with Gasteiger partial charge in [-0.15, -0.1) is 0 Å². The first-order valence-electron chi connectivity index (χ1n) is 8.41. The van der Waals surface area contributed by atoms with Crippen LogP contribution in [0.3, 0.4) is 0 Å². The minimum absolute atomic E-state index is 0.241. The summed E-state index contributed by atoms with van der Waals surface area (Å²) >= 11 is 0. The first-order valence-corrected chi connectivity index (χ1v) is 10.0. The van der Waals surface area contributed by atoms with Crippen LogP contribution in [0.15, 0.2) is 30.7 Å². The molecule has 0 amide bonds. The summed E-state index contributed by atoms with van der Waals surface area (Å²) in [6.07, 6.45) is 6.98. The van der Waals surface area contributed by atoms with Crippen molar-refractivity contribution in [3.8, 4) is 11.4 Å². The highest BCUT2D eigenvalue weighted by Crippen LogP contribution is 2.25. The third-order valence-electron chi connectivity index (χ3n) is 4.52. The highest BCUT2D eigenvalue weighted by molar-refractivity contribution is 7.89. The third-order valence-corrected chi connectivity index (χ3v) is 6.56. The predicted molar refractivity (Wildman–Crippen MR) is 94.0 cm³/mol. The molecule has 1 saturated heterocycles. The van der Waals surface area contributed by atoms with E-state index in [0.717, 1.165) is 30.0 Å². The van der Waals surface area contributed by atoms with E-state index < -0.39 is 10.0 Å². The number of imidazole rings is 1. The van der Waals surface area contributed by atoms with Crippen molar-refractivity contribution >= 4 is 10.0 Å². The molecule has 1 atom stereocenters. The van der Waals surface area contributed by atoms with E-state index in [9.17, 15) is 8.42 Å². The van der Waals surface area contributed by atoms with Gasteiger partial charge in [-0.2, -0.15) is 0 Å². The molecule has 130 valence electrons. The molecule has 6 nitrogen and oxygen atoms in total. The number of aryl methyl sites for hydroxylation is 1. The average molecular weight is 348 g/mol. The minimum Gasteiger partial charge on any atom is -0.328 e. The van der Waals surface area contributed by atoms with Crippen molar-refractivity contribution in [1.82, 2.24) is 18.8 Å². The van der Waals surface area contributed by atoms with Crippen LogP contribution in [0.25, 0.3) is 11.4 Å². The molecular weight excluding hydrogens is 324 g/mol. The number of sulfonamides is 1. The van der Waals surface area contributed by atoms with Crippen molar-refractivity contribution in [2.45, 2.75) is 33.2 Å². The summed E-state index contributed by atoms with van der Waals surface area (Å²) in [7, 11) is -3.10. The molecule has 1 unspecified atom stereocenters. The molecule has 0 aromatic carbocycles. The van der Waals surface area contributed by atoms with E-state index in [2.05, 4.69) is 14.5 Å². The molecule has 0 N–H and O–H groups in total. The maximum absolute atomic E-state index is 12.2. The van der Waals surface area contributed by atoms with Crippen LogP contribution in [0.4, 0.5) is 0 Å². The van der Waals surface area contributed by atoms with Crippen LogP contribution in [0.5, 0.6) is 0 Å². The summed E-state index contributed by atoms with van der Waals surface area (Å²) < 4.78 is 28.3. The fraction of sp³-hybridized carbons (Fsp3) is 0.529.